The summed E-state index contributed by atoms with van der Waals surface area (Å²) in [6.07, 6.45) is 5.85. The van der Waals surface area contributed by atoms with Crippen molar-refractivity contribution >= 4 is 134 Å². The first-order valence-corrected chi connectivity index (χ1v) is 22.3. The van der Waals surface area contributed by atoms with E-state index in [1.165, 1.54) is 19.3 Å². The zero-order chi connectivity index (χ0) is 40.5. The van der Waals surface area contributed by atoms with Crippen molar-refractivity contribution in [3.63, 3.8) is 0 Å². The highest BCUT2D eigenvalue weighted by molar-refractivity contribution is 6.34. The normalized spacial score (nSPS) is 16.4. The highest BCUT2D eigenvalue weighted by Crippen LogP contribution is 2.44. The van der Waals surface area contributed by atoms with E-state index in [9.17, 15) is 0 Å². The Labute approximate surface area is 365 Å². The van der Waals surface area contributed by atoms with Crippen LogP contribution in [0.1, 0.15) is 32.1 Å². The molecule has 6 heterocycles. The number of halogens is 4. The van der Waals surface area contributed by atoms with Gasteiger partial charge in [-0.25, -0.2) is 0 Å². The summed E-state index contributed by atoms with van der Waals surface area (Å²) in [5.41, 5.74) is 8.19. The van der Waals surface area contributed by atoms with Crippen molar-refractivity contribution in [3.05, 3.63) is 105 Å². The van der Waals surface area contributed by atoms with E-state index in [0.717, 1.165) is 157 Å². The Bertz CT molecular complexity index is 3070. The van der Waals surface area contributed by atoms with Crippen molar-refractivity contribution in [2.75, 3.05) is 32.8 Å². The molecule has 2 saturated heterocycles. The molecule has 2 aliphatic rings. The van der Waals surface area contributed by atoms with Gasteiger partial charge in [0.1, 0.15) is 6.61 Å². The Morgan fingerprint density at radius 3 is 1.28 bits per heavy atom. The molecule has 8 nitrogen and oxygen atoms in total. The number of nitrogens with one attached hydrogen (secondary N) is 6. The highest BCUT2D eigenvalue weighted by Gasteiger charge is 2.22. The standard InChI is InChI=1S/C25H23Cl2N3O.C23H19Cl2N3O/c26-15-1-3-21-17(11-15)19-13-20-18-12-16(27)2-4-22(18)30-24(20)25(23(19)29-21)31-10-7-14-5-8-28-9-6-14;24-12-3-5-19-15(8-12)17-10-18-16-9-13(25)4-6-20(16)28-22(18)23(21(17)27-19)29-11-14-2-1-7-26-14/h1-4,11-14,28-30H,5-10H2;3-6,8-10,14,26-28H,1-2,7,11H2/t;14-/m.0/s1. The highest BCUT2D eigenvalue weighted by atomic mass is 35.5. The number of H-pyrrole nitrogens is 4. The van der Waals surface area contributed by atoms with Crippen molar-refractivity contribution in [1.29, 1.82) is 0 Å². The number of piperidine rings is 1. The second kappa shape index (κ2) is 15.6. The summed E-state index contributed by atoms with van der Waals surface area (Å²) in [7, 11) is 0. The first-order chi connectivity index (χ1) is 29.3. The van der Waals surface area contributed by atoms with Crippen LogP contribution in [0.4, 0.5) is 0 Å². The zero-order valence-corrected chi connectivity index (χ0v) is 35.7. The molecule has 0 spiro atoms. The Hall–Kier alpha value is -4.80. The van der Waals surface area contributed by atoms with Crippen LogP contribution in [-0.4, -0.2) is 58.8 Å². The summed E-state index contributed by atoms with van der Waals surface area (Å²) < 4.78 is 13.0. The van der Waals surface area contributed by atoms with Gasteiger partial charge in [-0.1, -0.05) is 46.4 Å². The predicted octanol–water partition coefficient (Wildman–Crippen LogP) is 13.4. The van der Waals surface area contributed by atoms with Gasteiger partial charge in [-0.05, 0) is 143 Å². The van der Waals surface area contributed by atoms with Crippen LogP contribution in [0, 0.1) is 5.92 Å². The average Bonchev–Trinajstić information content (AvgIpc) is 4.10. The fraction of sp³-hybridized carbons (Fsp3) is 0.250. The van der Waals surface area contributed by atoms with Gasteiger partial charge >= 0.3 is 0 Å². The second-order valence-electron chi connectivity index (χ2n) is 16.3. The molecule has 304 valence electrons. The molecule has 2 aliphatic heterocycles. The number of benzene rings is 6. The van der Waals surface area contributed by atoms with Gasteiger partial charge in [-0.15, -0.1) is 0 Å². The van der Waals surface area contributed by atoms with Gasteiger partial charge in [0, 0.05) is 91.3 Å². The third-order valence-corrected chi connectivity index (χ3v) is 13.5. The molecule has 4 aromatic heterocycles. The summed E-state index contributed by atoms with van der Waals surface area (Å²) in [6, 6.07) is 28.6. The summed E-state index contributed by atoms with van der Waals surface area (Å²) in [5.74, 6) is 2.45. The molecular weight excluding hydrogens is 834 g/mol. The first-order valence-electron chi connectivity index (χ1n) is 20.7. The molecule has 10 aromatic rings. The zero-order valence-electron chi connectivity index (χ0n) is 32.6. The Balaban J connectivity index is 0.000000136. The van der Waals surface area contributed by atoms with Crippen molar-refractivity contribution < 1.29 is 9.47 Å². The molecule has 0 bridgehead atoms. The largest absolute Gasteiger partial charge is 0.489 e. The molecule has 0 radical (unpaired) electrons. The lowest BCUT2D eigenvalue weighted by Crippen LogP contribution is -2.28. The van der Waals surface area contributed by atoms with E-state index >= 15 is 0 Å². The van der Waals surface area contributed by atoms with Crippen LogP contribution in [0.15, 0.2) is 84.9 Å². The van der Waals surface area contributed by atoms with E-state index in [-0.39, 0.29) is 0 Å². The third kappa shape index (κ3) is 6.88. The van der Waals surface area contributed by atoms with Crippen molar-refractivity contribution in [3.8, 4) is 11.5 Å². The maximum absolute atomic E-state index is 6.51. The average molecular weight is 877 g/mol. The van der Waals surface area contributed by atoms with Crippen LogP contribution in [0.3, 0.4) is 0 Å². The monoisotopic (exact) mass is 874 g/mol. The van der Waals surface area contributed by atoms with Crippen LogP contribution in [0.2, 0.25) is 20.1 Å². The van der Waals surface area contributed by atoms with Crippen LogP contribution in [-0.2, 0) is 0 Å². The molecule has 2 fully saturated rings. The molecule has 0 amide bonds. The number of rotatable bonds is 7. The molecular formula is C48H42Cl4N6O2. The molecule has 12 heteroatoms. The summed E-state index contributed by atoms with van der Waals surface area (Å²) >= 11 is 25.2. The van der Waals surface area contributed by atoms with E-state index in [2.05, 4.69) is 42.7 Å². The summed E-state index contributed by atoms with van der Waals surface area (Å²) in [4.78, 5) is 14.2. The van der Waals surface area contributed by atoms with Crippen molar-refractivity contribution in [2.45, 2.75) is 38.1 Å². The number of fused-ring (bicyclic) bond motifs is 12. The molecule has 6 aromatic carbocycles. The SMILES string of the molecule is Clc1ccc2[nH]c3c(OCCC4CCNCC4)c4[nH]c5ccc(Cl)cc5c4cc3c2c1.Clc1ccc2[nH]c3c(OC[C@@H]4CCCN4)c4[nH]c5ccc(Cl)cc5c4cc3c2c1. The van der Waals surface area contributed by atoms with Crippen LogP contribution in [0.25, 0.3) is 87.2 Å². The topological polar surface area (TPSA) is 106 Å². The summed E-state index contributed by atoms with van der Waals surface area (Å²) in [6.45, 7) is 4.61. The Morgan fingerprint density at radius 2 is 0.883 bits per heavy atom. The quantitative estimate of drug-likeness (QED) is 0.0959. The Kier molecular flexibility index (Phi) is 9.91. The van der Waals surface area contributed by atoms with Gasteiger partial charge in [0.2, 0.25) is 0 Å². The minimum atomic E-state index is 0.387. The summed E-state index contributed by atoms with van der Waals surface area (Å²) in [5, 5.41) is 18.7. The van der Waals surface area contributed by atoms with E-state index in [0.29, 0.717) is 19.3 Å². The van der Waals surface area contributed by atoms with E-state index in [4.69, 9.17) is 55.9 Å². The van der Waals surface area contributed by atoms with E-state index in [1.54, 1.807) is 0 Å². The lowest BCUT2D eigenvalue weighted by Gasteiger charge is -2.22. The molecule has 0 unspecified atom stereocenters. The third-order valence-electron chi connectivity index (χ3n) is 12.5. The molecule has 60 heavy (non-hydrogen) atoms. The van der Waals surface area contributed by atoms with Crippen molar-refractivity contribution in [2.24, 2.45) is 5.92 Å². The smallest absolute Gasteiger partial charge is 0.167 e. The number of aromatic nitrogens is 4. The minimum Gasteiger partial charge on any atom is -0.489 e. The van der Waals surface area contributed by atoms with E-state index < -0.39 is 0 Å². The molecule has 12 rings (SSSR count). The van der Waals surface area contributed by atoms with Crippen LogP contribution < -0.4 is 20.1 Å². The Morgan fingerprint density at radius 1 is 0.467 bits per heavy atom. The van der Waals surface area contributed by atoms with Gasteiger partial charge in [-0.2, -0.15) is 0 Å². The number of aromatic amines is 4. The second-order valence-corrected chi connectivity index (χ2v) is 18.0. The fourth-order valence-corrected chi connectivity index (χ4v) is 10.2. The van der Waals surface area contributed by atoms with Gasteiger partial charge < -0.3 is 40.0 Å². The molecule has 0 saturated carbocycles. The van der Waals surface area contributed by atoms with Crippen molar-refractivity contribution in [1.82, 2.24) is 30.6 Å². The predicted molar refractivity (Wildman–Crippen MR) is 253 cm³/mol. The van der Waals surface area contributed by atoms with Crippen LogP contribution in [0.5, 0.6) is 11.5 Å². The van der Waals surface area contributed by atoms with Gasteiger partial charge in [0.15, 0.2) is 11.5 Å². The number of hydrogen-bond donors (Lipinski definition) is 6. The number of ether oxygens (including phenoxy) is 2. The maximum Gasteiger partial charge on any atom is 0.167 e. The molecule has 1 atom stereocenters. The van der Waals surface area contributed by atoms with Gasteiger partial charge in [-0.3, -0.25) is 0 Å². The van der Waals surface area contributed by atoms with Gasteiger partial charge in [0.25, 0.3) is 0 Å². The molecule has 0 aliphatic carbocycles. The van der Waals surface area contributed by atoms with E-state index in [1.807, 2.05) is 72.8 Å². The number of hydrogen-bond acceptors (Lipinski definition) is 4. The maximum atomic E-state index is 6.51. The lowest BCUT2D eigenvalue weighted by atomic mass is 9.95. The minimum absolute atomic E-state index is 0.387. The van der Waals surface area contributed by atoms with Gasteiger partial charge in [0.05, 0.1) is 28.7 Å². The van der Waals surface area contributed by atoms with Crippen LogP contribution >= 0.6 is 46.4 Å². The first kappa shape index (κ1) is 38.1. The fourth-order valence-electron chi connectivity index (χ4n) is 9.46. The lowest BCUT2D eigenvalue weighted by molar-refractivity contribution is 0.255. The molecule has 6 N–H and O–H groups in total.